The summed E-state index contributed by atoms with van der Waals surface area (Å²) in [6.07, 6.45) is 3.44. The number of hydrogen-bond acceptors (Lipinski definition) is 8. The van der Waals surface area contributed by atoms with E-state index in [0.29, 0.717) is 33.5 Å². The molecule has 2 aromatic carbocycles. The fourth-order valence-electron chi connectivity index (χ4n) is 5.34. The number of hydrogen-bond donors (Lipinski definition) is 2. The lowest BCUT2D eigenvalue weighted by Crippen LogP contribution is -2.14. The van der Waals surface area contributed by atoms with Crippen LogP contribution in [0.15, 0.2) is 119 Å². The van der Waals surface area contributed by atoms with Gasteiger partial charge in [0, 0.05) is 44.0 Å². The molecular formula is C36H22N4O2S4. The zero-order chi connectivity index (χ0) is 31.0. The molecule has 0 aliphatic rings. The predicted molar refractivity (Wildman–Crippen MR) is 194 cm³/mol. The van der Waals surface area contributed by atoms with Crippen molar-refractivity contribution in [1.29, 1.82) is 0 Å². The summed E-state index contributed by atoms with van der Waals surface area (Å²) in [6, 6.07) is 27.1. The van der Waals surface area contributed by atoms with Gasteiger partial charge >= 0.3 is 0 Å². The van der Waals surface area contributed by atoms with Gasteiger partial charge in [-0.2, -0.15) is 22.7 Å². The first kappa shape index (κ1) is 28.5. The number of pyridine rings is 2. The van der Waals surface area contributed by atoms with Crippen LogP contribution in [-0.2, 0) is 0 Å². The summed E-state index contributed by atoms with van der Waals surface area (Å²) in [6.45, 7) is 0. The van der Waals surface area contributed by atoms with Crippen LogP contribution in [0.5, 0.6) is 0 Å². The summed E-state index contributed by atoms with van der Waals surface area (Å²) in [5.74, 6) is -0.526. The summed E-state index contributed by atoms with van der Waals surface area (Å²) in [7, 11) is 0. The number of aromatic nitrogens is 2. The fraction of sp³-hybridized carbons (Fsp3) is 0. The number of benzene rings is 2. The number of thiophene rings is 4. The molecule has 2 N–H and O–H groups in total. The molecule has 0 saturated carbocycles. The van der Waals surface area contributed by atoms with Gasteiger partial charge in [0.2, 0.25) is 0 Å². The third kappa shape index (κ3) is 5.31. The van der Waals surface area contributed by atoms with Crippen LogP contribution in [0.2, 0.25) is 0 Å². The highest BCUT2D eigenvalue weighted by Crippen LogP contribution is 2.46. The molecule has 0 unspecified atom stereocenters. The van der Waals surface area contributed by atoms with E-state index in [4.69, 9.17) is 0 Å². The van der Waals surface area contributed by atoms with Crippen LogP contribution >= 0.6 is 45.3 Å². The van der Waals surface area contributed by atoms with E-state index in [9.17, 15) is 9.59 Å². The maximum atomic E-state index is 14.2. The number of fused-ring (bicyclic) bond motifs is 2. The molecule has 8 aromatic rings. The number of rotatable bonds is 7. The summed E-state index contributed by atoms with van der Waals surface area (Å²) in [5, 5.41) is 16.3. The average molecular weight is 671 g/mol. The number of anilines is 2. The summed E-state index contributed by atoms with van der Waals surface area (Å²) < 4.78 is 0. The van der Waals surface area contributed by atoms with E-state index < -0.39 is 0 Å². The molecule has 8 rings (SSSR count). The lowest BCUT2D eigenvalue weighted by molar-refractivity contribution is 0.101. The highest BCUT2D eigenvalue weighted by molar-refractivity contribution is 7.26. The summed E-state index contributed by atoms with van der Waals surface area (Å²) in [4.78, 5) is 40.7. The SMILES string of the molecule is O=C(Nc1cccc2cccnc12)c1cc(-c2ccsc2)sc1-c1sc(-c2ccsc2)cc1C(=O)Nc1cccc2cccnc12. The maximum absolute atomic E-state index is 14.2. The van der Waals surface area contributed by atoms with Crippen LogP contribution in [0.25, 0.3) is 52.4 Å². The molecular weight excluding hydrogens is 649 g/mol. The number of amides is 2. The molecule has 0 bridgehead atoms. The minimum atomic E-state index is -0.263. The van der Waals surface area contributed by atoms with E-state index in [0.717, 1.165) is 41.4 Å². The van der Waals surface area contributed by atoms with Gasteiger partial charge in [-0.15, -0.1) is 22.7 Å². The lowest BCUT2D eigenvalue weighted by Gasteiger charge is -2.10. The second-order valence-electron chi connectivity index (χ2n) is 10.4. The topological polar surface area (TPSA) is 84.0 Å². The van der Waals surface area contributed by atoms with Crippen LogP contribution in [0.1, 0.15) is 20.7 Å². The highest BCUT2D eigenvalue weighted by Gasteiger charge is 2.26. The smallest absolute Gasteiger partial charge is 0.257 e. The van der Waals surface area contributed by atoms with Crippen molar-refractivity contribution in [2.24, 2.45) is 0 Å². The fourth-order valence-corrected chi connectivity index (χ4v) is 9.26. The Balaban J connectivity index is 1.25. The van der Waals surface area contributed by atoms with E-state index in [-0.39, 0.29) is 11.8 Å². The molecule has 6 nitrogen and oxygen atoms in total. The standard InChI is InChI=1S/C36H22N4O2S4/c41-35(39-27-9-1-5-21-7-3-13-37-31(21)27)25-17-29(23-11-15-43-19-23)45-33(25)34-26(18-30(46-34)24-12-16-44-20-24)36(42)40-28-10-2-6-22-8-4-14-38-32(22)28/h1-20H,(H,39,41)(H,40,42). The average Bonchev–Trinajstić information content (AvgIpc) is 3.91. The molecule has 0 atom stereocenters. The Labute approximate surface area is 279 Å². The third-order valence-electron chi connectivity index (χ3n) is 7.53. The van der Waals surface area contributed by atoms with Crippen molar-refractivity contribution < 1.29 is 9.59 Å². The molecule has 0 radical (unpaired) electrons. The zero-order valence-corrected chi connectivity index (χ0v) is 27.2. The van der Waals surface area contributed by atoms with E-state index in [2.05, 4.69) is 31.4 Å². The van der Waals surface area contributed by atoms with Gasteiger partial charge in [0.25, 0.3) is 11.8 Å². The zero-order valence-electron chi connectivity index (χ0n) is 23.9. The van der Waals surface area contributed by atoms with E-state index in [1.165, 1.54) is 22.7 Å². The van der Waals surface area contributed by atoms with Gasteiger partial charge in [0.1, 0.15) is 0 Å². The van der Waals surface area contributed by atoms with Crippen LogP contribution in [0.3, 0.4) is 0 Å². The first-order valence-corrected chi connectivity index (χ1v) is 17.8. The Bertz CT molecular complexity index is 2190. The van der Waals surface area contributed by atoms with Crippen LogP contribution in [0.4, 0.5) is 11.4 Å². The van der Waals surface area contributed by atoms with Gasteiger partial charge in [-0.3, -0.25) is 19.6 Å². The number of carbonyl (C=O) groups is 2. The monoisotopic (exact) mass is 670 g/mol. The number of carbonyl (C=O) groups excluding carboxylic acids is 2. The molecule has 0 spiro atoms. The highest BCUT2D eigenvalue weighted by atomic mass is 32.1. The van der Waals surface area contributed by atoms with Crippen molar-refractivity contribution in [3.8, 4) is 30.6 Å². The molecule has 2 amide bonds. The van der Waals surface area contributed by atoms with Crippen LogP contribution < -0.4 is 10.6 Å². The first-order chi connectivity index (χ1) is 22.6. The summed E-state index contributed by atoms with van der Waals surface area (Å²) in [5.41, 5.74) is 5.75. The molecule has 222 valence electrons. The van der Waals surface area contributed by atoms with Crippen molar-refractivity contribution in [3.05, 3.63) is 130 Å². The first-order valence-electron chi connectivity index (χ1n) is 14.3. The molecule has 6 aromatic heterocycles. The second kappa shape index (κ2) is 12.1. The van der Waals surface area contributed by atoms with Gasteiger partial charge in [-0.25, -0.2) is 0 Å². The largest absolute Gasteiger partial charge is 0.320 e. The van der Waals surface area contributed by atoms with Crippen molar-refractivity contribution in [2.75, 3.05) is 10.6 Å². The van der Waals surface area contributed by atoms with Crippen molar-refractivity contribution in [1.82, 2.24) is 9.97 Å². The van der Waals surface area contributed by atoms with Crippen molar-refractivity contribution >= 4 is 90.3 Å². The Morgan fingerprint density at radius 1 is 0.565 bits per heavy atom. The normalized spacial score (nSPS) is 11.2. The minimum absolute atomic E-state index is 0.263. The van der Waals surface area contributed by atoms with Gasteiger partial charge in [0.15, 0.2) is 0 Å². The number of nitrogens with one attached hydrogen (secondary N) is 2. The number of nitrogens with zero attached hydrogens (tertiary/aromatic N) is 2. The van der Waals surface area contributed by atoms with Crippen LogP contribution in [-0.4, -0.2) is 21.8 Å². The van der Waals surface area contributed by atoms with Gasteiger partial charge in [-0.05, 0) is 70.1 Å². The van der Waals surface area contributed by atoms with E-state index >= 15 is 0 Å². The predicted octanol–water partition coefficient (Wildman–Crippen LogP) is 10.5. The molecule has 0 fully saturated rings. The van der Waals surface area contributed by atoms with Gasteiger partial charge in [0.05, 0.1) is 43.3 Å². The summed E-state index contributed by atoms with van der Waals surface area (Å²) >= 11 is 6.23. The second-order valence-corrected chi connectivity index (χ2v) is 14.1. The third-order valence-corrected chi connectivity index (χ3v) is 11.4. The van der Waals surface area contributed by atoms with Crippen molar-refractivity contribution in [2.45, 2.75) is 0 Å². The minimum Gasteiger partial charge on any atom is -0.320 e. The molecule has 6 heterocycles. The molecule has 0 aliphatic carbocycles. The molecule has 10 heteroatoms. The molecule has 0 saturated heterocycles. The van der Waals surface area contributed by atoms with Gasteiger partial charge in [-0.1, -0.05) is 36.4 Å². The quantitative estimate of drug-likeness (QED) is 0.177. The Morgan fingerprint density at radius 3 is 1.46 bits per heavy atom. The number of para-hydroxylation sites is 2. The van der Waals surface area contributed by atoms with Crippen LogP contribution in [0, 0.1) is 0 Å². The molecule has 46 heavy (non-hydrogen) atoms. The van der Waals surface area contributed by atoms with Crippen molar-refractivity contribution in [3.63, 3.8) is 0 Å². The molecule has 0 aliphatic heterocycles. The Kier molecular flexibility index (Phi) is 7.47. The Hall–Kier alpha value is -5.00. The van der Waals surface area contributed by atoms with Gasteiger partial charge < -0.3 is 10.6 Å². The Morgan fingerprint density at radius 2 is 1.02 bits per heavy atom. The van der Waals surface area contributed by atoms with E-state index in [1.807, 2.05) is 95.7 Å². The van der Waals surface area contributed by atoms with E-state index in [1.54, 1.807) is 35.1 Å². The lowest BCUT2D eigenvalue weighted by atomic mass is 10.1. The maximum Gasteiger partial charge on any atom is 0.257 e.